The molecule has 0 bridgehead atoms. The fraction of sp³-hybridized carbons (Fsp3) is 0. The van der Waals surface area contributed by atoms with Crippen LogP contribution in [0.2, 0.25) is 0 Å². The summed E-state index contributed by atoms with van der Waals surface area (Å²) in [6.45, 7) is 0. The Bertz CT molecular complexity index is 443. The first-order valence-corrected chi connectivity index (χ1v) is 3.12. The lowest BCUT2D eigenvalue weighted by atomic mass is 10.5. The number of fused-ring (bicyclic) bond motifs is 1. The molecule has 0 aliphatic carbocycles. The lowest BCUT2D eigenvalue weighted by molar-refractivity contribution is 0.628. The van der Waals surface area contributed by atoms with Crippen LogP contribution in [0.1, 0.15) is 0 Å². The van der Waals surface area contributed by atoms with E-state index in [9.17, 15) is 9.18 Å². The van der Waals surface area contributed by atoms with Gasteiger partial charge in [-0.1, -0.05) is 0 Å². The highest BCUT2D eigenvalue weighted by Gasteiger charge is 1.99. The van der Waals surface area contributed by atoms with Crippen molar-refractivity contribution in [3.05, 3.63) is 40.8 Å². The van der Waals surface area contributed by atoms with Gasteiger partial charge in [0, 0.05) is 24.7 Å². The molecule has 0 aliphatic rings. The quantitative estimate of drug-likeness (QED) is 0.594. The van der Waals surface area contributed by atoms with Gasteiger partial charge in [-0.3, -0.25) is 4.79 Å². The molecule has 0 amide bonds. The Kier molecular flexibility index (Phi) is 1.09. The zero-order chi connectivity index (χ0) is 7.84. The lowest BCUT2D eigenvalue weighted by Gasteiger charge is -1.88. The second kappa shape index (κ2) is 1.95. The molecular weight excluding hydrogens is 147 g/mol. The molecule has 0 unspecified atom stereocenters. The first-order valence-electron chi connectivity index (χ1n) is 3.12. The van der Waals surface area contributed by atoms with Crippen LogP contribution in [-0.4, -0.2) is 9.38 Å². The van der Waals surface area contributed by atoms with Gasteiger partial charge in [0.1, 0.15) is 11.3 Å². The molecule has 2 aromatic heterocycles. The Hall–Kier alpha value is -1.58. The van der Waals surface area contributed by atoms with Crippen molar-refractivity contribution in [3.8, 4) is 0 Å². The van der Waals surface area contributed by atoms with E-state index in [0.29, 0.717) is 5.52 Å². The molecule has 4 heteroatoms. The molecule has 0 aromatic carbocycles. The monoisotopic (exact) mass is 152 g/mol. The van der Waals surface area contributed by atoms with Gasteiger partial charge in [0.25, 0.3) is 5.56 Å². The van der Waals surface area contributed by atoms with Gasteiger partial charge in [-0.05, 0) is 0 Å². The highest BCUT2D eigenvalue weighted by molar-refractivity contribution is 5.44. The normalized spacial score (nSPS) is 10.6. The predicted molar refractivity (Wildman–Crippen MR) is 38.0 cm³/mol. The van der Waals surface area contributed by atoms with Gasteiger partial charge < -0.3 is 9.38 Å². The van der Waals surface area contributed by atoms with E-state index >= 15 is 0 Å². The van der Waals surface area contributed by atoms with Gasteiger partial charge in [-0.15, -0.1) is 0 Å². The third-order valence-corrected chi connectivity index (χ3v) is 1.50. The van der Waals surface area contributed by atoms with Crippen LogP contribution in [0.25, 0.3) is 5.52 Å². The average molecular weight is 152 g/mol. The third-order valence-electron chi connectivity index (χ3n) is 1.50. The topological polar surface area (TPSA) is 37.3 Å². The summed E-state index contributed by atoms with van der Waals surface area (Å²) in [5.41, 5.74) is 0.0430. The molecule has 3 nitrogen and oxygen atoms in total. The predicted octanol–water partition coefficient (Wildman–Crippen LogP) is 0.767. The summed E-state index contributed by atoms with van der Waals surface area (Å²) in [6.07, 6.45) is 4.30. The Morgan fingerprint density at radius 3 is 3.09 bits per heavy atom. The number of hydrogen-bond donors (Lipinski definition) is 1. The summed E-state index contributed by atoms with van der Waals surface area (Å²) < 4.78 is 14.0. The van der Waals surface area contributed by atoms with Gasteiger partial charge in [0.2, 0.25) is 0 Å². The maximum absolute atomic E-state index is 12.5. The zero-order valence-electron chi connectivity index (χ0n) is 5.54. The van der Waals surface area contributed by atoms with Crippen LogP contribution < -0.4 is 5.56 Å². The number of aromatic nitrogens is 2. The Morgan fingerprint density at radius 1 is 1.55 bits per heavy atom. The first kappa shape index (κ1) is 6.15. The van der Waals surface area contributed by atoms with E-state index in [1.165, 1.54) is 22.9 Å². The minimum Gasteiger partial charge on any atom is -0.326 e. The molecule has 1 N–H and O–H groups in total. The molecule has 56 valence electrons. The summed E-state index contributed by atoms with van der Waals surface area (Å²) >= 11 is 0. The van der Waals surface area contributed by atoms with Crippen molar-refractivity contribution < 1.29 is 4.39 Å². The second-order valence-corrected chi connectivity index (χ2v) is 2.24. The Labute approximate surface area is 61.1 Å². The smallest absolute Gasteiger partial charge is 0.272 e. The second-order valence-electron chi connectivity index (χ2n) is 2.24. The van der Waals surface area contributed by atoms with Crippen LogP contribution in [0.5, 0.6) is 0 Å². The van der Waals surface area contributed by atoms with Crippen LogP contribution in [0.3, 0.4) is 0 Å². The van der Waals surface area contributed by atoms with E-state index in [1.54, 1.807) is 6.20 Å². The van der Waals surface area contributed by atoms with Crippen molar-refractivity contribution in [2.75, 3.05) is 0 Å². The molecule has 0 saturated heterocycles. The fourth-order valence-electron chi connectivity index (χ4n) is 1.02. The minimum atomic E-state index is -0.401. The van der Waals surface area contributed by atoms with Crippen molar-refractivity contribution in [2.24, 2.45) is 0 Å². The summed E-state index contributed by atoms with van der Waals surface area (Å²) in [6, 6.07) is 1.19. The number of nitrogens with one attached hydrogen (secondary N) is 1. The molecule has 0 atom stereocenters. The maximum Gasteiger partial charge on any atom is 0.272 e. The molecule has 0 fully saturated rings. The molecular formula is C7H5FN2O. The van der Waals surface area contributed by atoms with Gasteiger partial charge in [0.05, 0.1) is 0 Å². The molecule has 2 aromatic rings. The average Bonchev–Trinajstić information content (AvgIpc) is 2.31. The van der Waals surface area contributed by atoms with Crippen molar-refractivity contribution >= 4 is 5.52 Å². The van der Waals surface area contributed by atoms with Gasteiger partial charge in [-0.2, -0.15) is 0 Å². The maximum atomic E-state index is 12.5. The molecule has 0 spiro atoms. The number of aromatic amines is 1. The largest absolute Gasteiger partial charge is 0.326 e. The molecule has 0 saturated carbocycles. The van der Waals surface area contributed by atoms with E-state index in [4.69, 9.17) is 0 Å². The standard InChI is InChI=1S/C7H5FN2O/c8-5-3-6-7(11)9-1-2-10(6)4-5/h1-4H,(H,9,11). The number of halogens is 1. The van der Waals surface area contributed by atoms with Crippen LogP contribution in [0, 0.1) is 5.82 Å². The highest BCUT2D eigenvalue weighted by atomic mass is 19.1. The Morgan fingerprint density at radius 2 is 2.36 bits per heavy atom. The SMILES string of the molecule is O=c1[nH]ccn2cc(F)cc12. The van der Waals surface area contributed by atoms with Crippen molar-refractivity contribution in [3.63, 3.8) is 0 Å². The van der Waals surface area contributed by atoms with Crippen LogP contribution in [0.15, 0.2) is 29.5 Å². The van der Waals surface area contributed by atoms with E-state index in [0.717, 1.165) is 0 Å². The van der Waals surface area contributed by atoms with E-state index in [-0.39, 0.29) is 5.56 Å². The van der Waals surface area contributed by atoms with Crippen LogP contribution in [-0.2, 0) is 0 Å². The fourth-order valence-corrected chi connectivity index (χ4v) is 1.02. The molecule has 2 rings (SSSR count). The number of H-pyrrole nitrogens is 1. The van der Waals surface area contributed by atoms with E-state index in [2.05, 4.69) is 4.98 Å². The molecule has 0 aliphatic heterocycles. The molecule has 11 heavy (non-hydrogen) atoms. The van der Waals surface area contributed by atoms with Crippen molar-refractivity contribution in [1.82, 2.24) is 9.38 Å². The van der Waals surface area contributed by atoms with Crippen LogP contribution in [0.4, 0.5) is 4.39 Å². The number of hydrogen-bond acceptors (Lipinski definition) is 1. The first-order chi connectivity index (χ1) is 5.27. The summed E-state index contributed by atoms with van der Waals surface area (Å²) in [4.78, 5) is 13.4. The lowest BCUT2D eigenvalue weighted by Crippen LogP contribution is -2.06. The van der Waals surface area contributed by atoms with Gasteiger partial charge in [0.15, 0.2) is 0 Å². The number of nitrogens with zero attached hydrogens (tertiary/aromatic N) is 1. The van der Waals surface area contributed by atoms with E-state index < -0.39 is 5.82 Å². The third kappa shape index (κ3) is 0.832. The van der Waals surface area contributed by atoms with Gasteiger partial charge in [-0.25, -0.2) is 4.39 Å². The zero-order valence-corrected chi connectivity index (χ0v) is 5.54. The van der Waals surface area contributed by atoms with Crippen molar-refractivity contribution in [2.45, 2.75) is 0 Å². The summed E-state index contributed by atoms with van der Waals surface area (Å²) in [7, 11) is 0. The van der Waals surface area contributed by atoms with Crippen molar-refractivity contribution in [1.29, 1.82) is 0 Å². The molecule has 0 radical (unpaired) electrons. The van der Waals surface area contributed by atoms with Crippen LogP contribution >= 0.6 is 0 Å². The highest BCUT2D eigenvalue weighted by Crippen LogP contribution is 2.01. The summed E-state index contributed by atoms with van der Waals surface area (Å²) in [5.74, 6) is -0.401. The van der Waals surface area contributed by atoms with E-state index in [1.807, 2.05) is 0 Å². The number of rotatable bonds is 0. The summed E-state index contributed by atoms with van der Waals surface area (Å²) in [5, 5.41) is 0. The Balaban J connectivity index is 3.02. The molecule has 2 heterocycles. The minimum absolute atomic E-state index is 0.281. The van der Waals surface area contributed by atoms with Gasteiger partial charge >= 0.3 is 0 Å².